The van der Waals surface area contributed by atoms with Crippen LogP contribution in [0.4, 0.5) is 0 Å². The first-order valence-corrected chi connectivity index (χ1v) is 13.0. The standard InChI is InChI=1S/C29H39BrO2/c1-6-22(7-2)10-8-9-11-24-18-28(30)29(20(4)19(24)3)32-27-15-14-23-12-13-25(21(5)31)16-26(23)17-27/h8,10,12-13,16,18,21-22,27,31H,6-7,9,11,14-15,17H2,1-5H3. The molecular formula is C29H39BrO2. The van der Waals surface area contributed by atoms with E-state index in [1.54, 1.807) is 0 Å². The van der Waals surface area contributed by atoms with Crippen molar-refractivity contribution in [2.24, 2.45) is 5.92 Å². The molecule has 174 valence electrons. The van der Waals surface area contributed by atoms with Gasteiger partial charge in [-0.05, 0) is 121 Å². The Kier molecular flexibility index (Phi) is 9.02. The first-order chi connectivity index (χ1) is 15.3. The predicted molar refractivity (Wildman–Crippen MR) is 139 cm³/mol. The zero-order chi connectivity index (χ0) is 23.3. The van der Waals surface area contributed by atoms with Gasteiger partial charge in [-0.3, -0.25) is 0 Å². The molecule has 3 rings (SSSR count). The van der Waals surface area contributed by atoms with Crippen LogP contribution in [0.15, 0.2) is 40.9 Å². The maximum absolute atomic E-state index is 9.94. The molecule has 0 fully saturated rings. The number of hydrogen-bond acceptors (Lipinski definition) is 2. The van der Waals surface area contributed by atoms with Gasteiger partial charge in [-0.2, -0.15) is 0 Å². The number of aliphatic hydroxyl groups excluding tert-OH is 1. The molecule has 0 saturated heterocycles. The zero-order valence-corrected chi connectivity index (χ0v) is 22.0. The Hall–Kier alpha value is -1.58. The monoisotopic (exact) mass is 498 g/mol. The van der Waals surface area contributed by atoms with E-state index in [1.807, 2.05) is 13.0 Å². The van der Waals surface area contributed by atoms with Gasteiger partial charge in [0.05, 0.1) is 10.6 Å². The molecule has 0 aliphatic heterocycles. The molecule has 0 spiro atoms. The van der Waals surface area contributed by atoms with E-state index in [0.717, 1.165) is 47.9 Å². The first kappa shape index (κ1) is 25.1. The molecule has 2 atom stereocenters. The van der Waals surface area contributed by atoms with Crippen molar-refractivity contribution in [3.05, 3.63) is 74.3 Å². The van der Waals surface area contributed by atoms with Gasteiger partial charge >= 0.3 is 0 Å². The van der Waals surface area contributed by atoms with E-state index < -0.39 is 6.10 Å². The Morgan fingerprint density at radius 2 is 1.88 bits per heavy atom. The van der Waals surface area contributed by atoms with Gasteiger partial charge in [0.1, 0.15) is 11.9 Å². The third kappa shape index (κ3) is 6.05. The van der Waals surface area contributed by atoms with Crippen LogP contribution in [-0.2, 0) is 19.3 Å². The molecule has 0 amide bonds. The lowest BCUT2D eigenvalue weighted by atomic mass is 9.88. The minimum atomic E-state index is -0.433. The molecule has 3 heteroatoms. The van der Waals surface area contributed by atoms with Gasteiger partial charge in [0.2, 0.25) is 0 Å². The van der Waals surface area contributed by atoms with E-state index in [1.165, 1.54) is 40.7 Å². The topological polar surface area (TPSA) is 29.5 Å². The molecule has 1 N–H and O–H groups in total. The van der Waals surface area contributed by atoms with Gasteiger partial charge in [0.25, 0.3) is 0 Å². The van der Waals surface area contributed by atoms with Gasteiger partial charge in [0.15, 0.2) is 0 Å². The van der Waals surface area contributed by atoms with E-state index in [0.29, 0.717) is 5.92 Å². The van der Waals surface area contributed by atoms with E-state index in [-0.39, 0.29) is 6.10 Å². The van der Waals surface area contributed by atoms with Gasteiger partial charge in [0, 0.05) is 6.42 Å². The van der Waals surface area contributed by atoms with Gasteiger partial charge in [-0.1, -0.05) is 44.2 Å². The largest absolute Gasteiger partial charge is 0.489 e. The highest BCUT2D eigenvalue weighted by Crippen LogP contribution is 2.36. The highest BCUT2D eigenvalue weighted by atomic mass is 79.9. The Morgan fingerprint density at radius 1 is 1.12 bits per heavy atom. The Bertz CT molecular complexity index is 941. The Labute approximate surface area is 203 Å². The van der Waals surface area contributed by atoms with Crippen LogP contribution >= 0.6 is 15.9 Å². The average molecular weight is 500 g/mol. The molecule has 2 aromatic carbocycles. The SMILES string of the molecule is CCC(C=CCCc1cc(Br)c(OC2CCc3ccc(C(C)O)cc3C2)c(C)c1C)CC. The zero-order valence-electron chi connectivity index (χ0n) is 20.4. The quantitative estimate of drug-likeness (QED) is 0.355. The number of allylic oxidation sites excluding steroid dienone is 2. The summed E-state index contributed by atoms with van der Waals surface area (Å²) in [6.07, 6.45) is 12.0. The maximum Gasteiger partial charge on any atom is 0.137 e. The van der Waals surface area contributed by atoms with Crippen molar-refractivity contribution in [3.8, 4) is 5.75 Å². The fraction of sp³-hybridized carbons (Fsp3) is 0.517. The number of rotatable bonds is 9. The minimum Gasteiger partial charge on any atom is -0.489 e. The molecule has 0 aromatic heterocycles. The first-order valence-electron chi connectivity index (χ1n) is 12.3. The predicted octanol–water partition coefficient (Wildman–Crippen LogP) is 7.98. The van der Waals surface area contributed by atoms with E-state index in [2.05, 4.69) is 74.0 Å². The Morgan fingerprint density at radius 3 is 2.56 bits per heavy atom. The highest BCUT2D eigenvalue weighted by molar-refractivity contribution is 9.10. The van der Waals surface area contributed by atoms with Crippen molar-refractivity contribution < 1.29 is 9.84 Å². The van der Waals surface area contributed by atoms with Crippen molar-refractivity contribution in [3.63, 3.8) is 0 Å². The van der Waals surface area contributed by atoms with Gasteiger partial charge in [-0.15, -0.1) is 0 Å². The fourth-order valence-electron chi connectivity index (χ4n) is 4.68. The van der Waals surface area contributed by atoms with Crippen molar-refractivity contribution in [1.82, 2.24) is 0 Å². The van der Waals surface area contributed by atoms with Crippen LogP contribution in [0.5, 0.6) is 5.75 Å². The number of aryl methyl sites for hydroxylation is 2. The second-order valence-electron chi connectivity index (χ2n) is 9.33. The van der Waals surface area contributed by atoms with Crippen LogP contribution in [0.3, 0.4) is 0 Å². The second-order valence-corrected chi connectivity index (χ2v) is 10.2. The number of ether oxygens (including phenoxy) is 1. The highest BCUT2D eigenvalue weighted by Gasteiger charge is 2.23. The number of benzene rings is 2. The normalized spacial score (nSPS) is 17.1. The molecular weight excluding hydrogens is 460 g/mol. The van der Waals surface area contributed by atoms with Crippen LogP contribution in [0.25, 0.3) is 0 Å². The van der Waals surface area contributed by atoms with Crippen LogP contribution in [0, 0.1) is 19.8 Å². The summed E-state index contributed by atoms with van der Waals surface area (Å²) in [6, 6.07) is 8.63. The molecule has 0 bridgehead atoms. The van der Waals surface area contributed by atoms with Crippen LogP contribution < -0.4 is 4.74 Å². The van der Waals surface area contributed by atoms with E-state index in [9.17, 15) is 5.11 Å². The summed E-state index contributed by atoms with van der Waals surface area (Å²) >= 11 is 3.80. The molecule has 0 heterocycles. The summed E-state index contributed by atoms with van der Waals surface area (Å²) in [7, 11) is 0. The average Bonchev–Trinajstić information content (AvgIpc) is 2.79. The third-order valence-electron chi connectivity index (χ3n) is 7.12. The van der Waals surface area contributed by atoms with Crippen molar-refractivity contribution >= 4 is 15.9 Å². The lowest BCUT2D eigenvalue weighted by Gasteiger charge is -2.28. The molecule has 2 aromatic rings. The van der Waals surface area contributed by atoms with Crippen molar-refractivity contribution in [2.45, 2.75) is 91.8 Å². The van der Waals surface area contributed by atoms with Crippen molar-refractivity contribution in [1.29, 1.82) is 0 Å². The summed E-state index contributed by atoms with van der Waals surface area (Å²) < 4.78 is 7.63. The lowest BCUT2D eigenvalue weighted by molar-refractivity contribution is 0.181. The van der Waals surface area contributed by atoms with Crippen molar-refractivity contribution in [2.75, 3.05) is 0 Å². The van der Waals surface area contributed by atoms with E-state index in [4.69, 9.17) is 4.74 Å². The number of hydrogen-bond donors (Lipinski definition) is 1. The summed E-state index contributed by atoms with van der Waals surface area (Å²) in [5.74, 6) is 1.69. The van der Waals surface area contributed by atoms with Crippen LogP contribution in [-0.4, -0.2) is 11.2 Å². The van der Waals surface area contributed by atoms with Gasteiger partial charge < -0.3 is 9.84 Å². The number of fused-ring (bicyclic) bond motifs is 1. The third-order valence-corrected chi connectivity index (χ3v) is 7.71. The molecule has 2 nitrogen and oxygen atoms in total. The summed E-state index contributed by atoms with van der Waals surface area (Å²) in [6.45, 7) is 10.8. The van der Waals surface area contributed by atoms with Crippen LogP contribution in [0.2, 0.25) is 0 Å². The molecule has 32 heavy (non-hydrogen) atoms. The van der Waals surface area contributed by atoms with E-state index >= 15 is 0 Å². The second kappa shape index (κ2) is 11.5. The maximum atomic E-state index is 9.94. The Balaban J connectivity index is 1.70. The van der Waals surface area contributed by atoms with Gasteiger partial charge in [-0.25, -0.2) is 0 Å². The number of halogens is 1. The lowest BCUT2D eigenvalue weighted by Crippen LogP contribution is -2.26. The summed E-state index contributed by atoms with van der Waals surface area (Å²) in [5.41, 5.74) is 7.66. The fourth-order valence-corrected chi connectivity index (χ4v) is 5.35. The molecule has 2 unspecified atom stereocenters. The minimum absolute atomic E-state index is 0.162. The molecule has 1 aliphatic rings. The summed E-state index contributed by atoms with van der Waals surface area (Å²) in [4.78, 5) is 0. The molecule has 0 saturated carbocycles. The molecule has 1 aliphatic carbocycles. The summed E-state index contributed by atoms with van der Waals surface area (Å²) in [5, 5.41) is 9.94. The smallest absolute Gasteiger partial charge is 0.137 e. The molecule has 0 radical (unpaired) electrons. The number of aliphatic hydroxyl groups is 1. The van der Waals surface area contributed by atoms with Crippen LogP contribution in [0.1, 0.15) is 85.9 Å².